The lowest BCUT2D eigenvalue weighted by Gasteiger charge is -2.33. The molecule has 0 saturated carbocycles. The number of hydrogen-bond acceptors (Lipinski definition) is 2. The van der Waals surface area contributed by atoms with E-state index in [4.69, 9.17) is 10.5 Å². The van der Waals surface area contributed by atoms with Crippen molar-refractivity contribution in [3.8, 4) is 0 Å². The zero-order chi connectivity index (χ0) is 12.3. The molecule has 1 aromatic carbocycles. The van der Waals surface area contributed by atoms with E-state index in [0.717, 1.165) is 25.9 Å². The smallest absolute Gasteiger partial charge is 0.0649 e. The molecule has 94 valence electrons. The molecule has 1 saturated heterocycles. The van der Waals surface area contributed by atoms with E-state index >= 15 is 0 Å². The fourth-order valence-corrected chi connectivity index (χ4v) is 2.44. The van der Waals surface area contributed by atoms with Crippen LogP contribution in [0.25, 0.3) is 0 Å². The average molecular weight is 233 g/mol. The average Bonchev–Trinajstić information content (AvgIpc) is 2.30. The molecule has 0 spiro atoms. The third-order valence-electron chi connectivity index (χ3n) is 3.56. The second-order valence-electron chi connectivity index (χ2n) is 5.59. The van der Waals surface area contributed by atoms with Crippen molar-refractivity contribution in [2.45, 2.75) is 44.6 Å². The Bertz CT molecular complexity index is 350. The van der Waals surface area contributed by atoms with E-state index in [0.29, 0.717) is 12.5 Å². The van der Waals surface area contributed by atoms with Gasteiger partial charge in [0.05, 0.1) is 6.61 Å². The fraction of sp³-hybridized carbons (Fsp3) is 0.600. The van der Waals surface area contributed by atoms with Gasteiger partial charge in [-0.3, -0.25) is 0 Å². The lowest BCUT2D eigenvalue weighted by molar-refractivity contribution is 0.0382. The summed E-state index contributed by atoms with van der Waals surface area (Å²) in [6, 6.07) is 8.84. The van der Waals surface area contributed by atoms with Crippen LogP contribution < -0.4 is 5.73 Å². The molecular formula is C15H23NO. The molecule has 0 aromatic heterocycles. The standard InChI is InChI=1S/C15H23NO/c1-12(2)14-6-4-13(5-7-14)10-15(16)8-3-9-17-11-15/h4-7,12H,3,8-11,16H2,1-2H3. The molecule has 2 heteroatoms. The number of nitrogens with two attached hydrogens (primary N) is 1. The molecule has 1 aromatic rings. The maximum atomic E-state index is 6.36. The first-order valence-corrected chi connectivity index (χ1v) is 6.54. The Morgan fingerprint density at radius 1 is 1.29 bits per heavy atom. The molecule has 17 heavy (non-hydrogen) atoms. The number of hydrogen-bond donors (Lipinski definition) is 1. The Kier molecular flexibility index (Phi) is 3.85. The summed E-state index contributed by atoms with van der Waals surface area (Å²) in [5.41, 5.74) is 8.92. The summed E-state index contributed by atoms with van der Waals surface area (Å²) in [7, 11) is 0. The van der Waals surface area contributed by atoms with Crippen LogP contribution in [-0.4, -0.2) is 18.8 Å². The molecule has 2 rings (SSSR count). The molecule has 2 N–H and O–H groups in total. The molecule has 1 unspecified atom stereocenters. The molecule has 0 bridgehead atoms. The van der Waals surface area contributed by atoms with Gasteiger partial charge in [0.15, 0.2) is 0 Å². The van der Waals surface area contributed by atoms with Gasteiger partial charge in [0, 0.05) is 12.1 Å². The van der Waals surface area contributed by atoms with Crippen molar-refractivity contribution in [2.75, 3.05) is 13.2 Å². The van der Waals surface area contributed by atoms with E-state index in [2.05, 4.69) is 38.1 Å². The van der Waals surface area contributed by atoms with Crippen molar-refractivity contribution in [2.24, 2.45) is 5.73 Å². The van der Waals surface area contributed by atoms with Crippen LogP contribution in [0.4, 0.5) is 0 Å². The second-order valence-corrected chi connectivity index (χ2v) is 5.59. The summed E-state index contributed by atoms with van der Waals surface area (Å²) < 4.78 is 5.49. The Labute approximate surface area is 104 Å². The zero-order valence-corrected chi connectivity index (χ0v) is 10.9. The molecule has 0 amide bonds. The van der Waals surface area contributed by atoms with Gasteiger partial charge in [-0.25, -0.2) is 0 Å². The van der Waals surface area contributed by atoms with E-state index in [1.165, 1.54) is 11.1 Å². The van der Waals surface area contributed by atoms with Crippen LogP contribution >= 0.6 is 0 Å². The second kappa shape index (κ2) is 5.19. The Morgan fingerprint density at radius 3 is 2.53 bits per heavy atom. The quantitative estimate of drug-likeness (QED) is 0.871. The van der Waals surface area contributed by atoms with Gasteiger partial charge in [-0.05, 0) is 36.3 Å². The normalized spacial score (nSPS) is 25.2. The van der Waals surface area contributed by atoms with Crippen LogP contribution in [0.5, 0.6) is 0 Å². The first-order valence-electron chi connectivity index (χ1n) is 6.54. The largest absolute Gasteiger partial charge is 0.380 e. The van der Waals surface area contributed by atoms with Crippen molar-refractivity contribution in [1.29, 1.82) is 0 Å². The van der Waals surface area contributed by atoms with Crippen molar-refractivity contribution < 1.29 is 4.74 Å². The van der Waals surface area contributed by atoms with Gasteiger partial charge in [-0.1, -0.05) is 38.1 Å². The maximum absolute atomic E-state index is 6.36. The van der Waals surface area contributed by atoms with E-state index in [1.807, 2.05) is 0 Å². The molecular weight excluding hydrogens is 210 g/mol. The van der Waals surface area contributed by atoms with E-state index < -0.39 is 0 Å². The lowest BCUT2D eigenvalue weighted by atomic mass is 9.86. The molecule has 2 nitrogen and oxygen atoms in total. The van der Waals surface area contributed by atoms with E-state index in [9.17, 15) is 0 Å². The lowest BCUT2D eigenvalue weighted by Crippen LogP contribution is -2.49. The highest BCUT2D eigenvalue weighted by Crippen LogP contribution is 2.22. The molecule has 0 aliphatic carbocycles. The number of rotatable bonds is 3. The van der Waals surface area contributed by atoms with Gasteiger partial charge < -0.3 is 10.5 Å². The summed E-state index contributed by atoms with van der Waals surface area (Å²) in [5.74, 6) is 0.592. The van der Waals surface area contributed by atoms with Gasteiger partial charge in [-0.2, -0.15) is 0 Å². The Balaban J connectivity index is 2.03. The molecule has 1 aliphatic rings. The summed E-state index contributed by atoms with van der Waals surface area (Å²) >= 11 is 0. The molecule has 1 fully saturated rings. The van der Waals surface area contributed by atoms with Gasteiger partial charge in [0.1, 0.15) is 0 Å². The van der Waals surface area contributed by atoms with Crippen molar-refractivity contribution in [3.05, 3.63) is 35.4 Å². The van der Waals surface area contributed by atoms with Crippen LogP contribution in [-0.2, 0) is 11.2 Å². The molecule has 1 aliphatic heterocycles. The van der Waals surface area contributed by atoms with E-state index in [1.54, 1.807) is 0 Å². The monoisotopic (exact) mass is 233 g/mol. The Morgan fingerprint density at radius 2 is 2.00 bits per heavy atom. The van der Waals surface area contributed by atoms with Crippen LogP contribution in [0, 0.1) is 0 Å². The highest BCUT2D eigenvalue weighted by molar-refractivity contribution is 5.26. The summed E-state index contributed by atoms with van der Waals surface area (Å²) in [6.45, 7) is 5.99. The minimum atomic E-state index is -0.155. The van der Waals surface area contributed by atoms with Crippen LogP contribution in [0.15, 0.2) is 24.3 Å². The topological polar surface area (TPSA) is 35.2 Å². The maximum Gasteiger partial charge on any atom is 0.0649 e. The van der Waals surface area contributed by atoms with Gasteiger partial charge >= 0.3 is 0 Å². The zero-order valence-electron chi connectivity index (χ0n) is 10.9. The van der Waals surface area contributed by atoms with E-state index in [-0.39, 0.29) is 5.54 Å². The summed E-state index contributed by atoms with van der Waals surface area (Å²) in [5, 5.41) is 0. The first kappa shape index (κ1) is 12.6. The molecule has 1 atom stereocenters. The number of ether oxygens (including phenoxy) is 1. The fourth-order valence-electron chi connectivity index (χ4n) is 2.44. The van der Waals surface area contributed by atoms with Gasteiger partial charge in [-0.15, -0.1) is 0 Å². The minimum absolute atomic E-state index is 0.155. The van der Waals surface area contributed by atoms with Gasteiger partial charge in [0.2, 0.25) is 0 Å². The summed E-state index contributed by atoms with van der Waals surface area (Å²) in [4.78, 5) is 0. The van der Waals surface area contributed by atoms with Crippen LogP contribution in [0.1, 0.15) is 43.7 Å². The first-order chi connectivity index (χ1) is 8.09. The minimum Gasteiger partial charge on any atom is -0.380 e. The predicted octanol–water partition coefficient (Wildman–Crippen LogP) is 2.86. The van der Waals surface area contributed by atoms with Crippen molar-refractivity contribution in [3.63, 3.8) is 0 Å². The number of benzene rings is 1. The van der Waals surface area contributed by atoms with Crippen molar-refractivity contribution in [1.82, 2.24) is 0 Å². The third-order valence-corrected chi connectivity index (χ3v) is 3.56. The van der Waals surface area contributed by atoms with Crippen LogP contribution in [0.3, 0.4) is 0 Å². The van der Waals surface area contributed by atoms with Crippen LogP contribution in [0.2, 0.25) is 0 Å². The highest BCUT2D eigenvalue weighted by Gasteiger charge is 2.28. The highest BCUT2D eigenvalue weighted by atomic mass is 16.5. The predicted molar refractivity (Wildman–Crippen MR) is 71.2 cm³/mol. The molecule has 0 radical (unpaired) electrons. The Hall–Kier alpha value is -0.860. The van der Waals surface area contributed by atoms with Gasteiger partial charge in [0.25, 0.3) is 0 Å². The molecule has 1 heterocycles. The SMILES string of the molecule is CC(C)c1ccc(CC2(N)CCCOC2)cc1. The third kappa shape index (κ3) is 3.30. The van der Waals surface area contributed by atoms with Crippen molar-refractivity contribution >= 4 is 0 Å². The summed E-state index contributed by atoms with van der Waals surface area (Å²) in [6.07, 6.45) is 3.07.